The summed E-state index contributed by atoms with van der Waals surface area (Å²) in [5.41, 5.74) is 1.62. The molecule has 0 fully saturated rings. The largest absolute Gasteiger partial charge is 0.493 e. The second-order valence-corrected chi connectivity index (χ2v) is 14.8. The van der Waals surface area contributed by atoms with Crippen LogP contribution in [0.25, 0.3) is 22.3 Å². The predicted molar refractivity (Wildman–Crippen MR) is 152 cm³/mol. The van der Waals surface area contributed by atoms with Crippen molar-refractivity contribution >= 4 is 43.5 Å². The summed E-state index contributed by atoms with van der Waals surface area (Å²) in [5.74, 6) is 1.74. The van der Waals surface area contributed by atoms with Crippen LogP contribution < -0.4 is 9.47 Å². The highest BCUT2D eigenvalue weighted by atomic mass is 35.5. The lowest BCUT2D eigenvalue weighted by molar-refractivity contribution is 0.0492. The molecule has 0 amide bonds. The quantitative estimate of drug-likeness (QED) is 0.179. The number of methoxy groups -OCH3 is 2. The van der Waals surface area contributed by atoms with Crippen LogP contribution in [0.2, 0.25) is 5.02 Å². The van der Waals surface area contributed by atoms with Gasteiger partial charge in [-0.3, -0.25) is 4.21 Å². The third kappa shape index (κ3) is 7.82. The van der Waals surface area contributed by atoms with E-state index in [9.17, 15) is 9.47 Å². The highest BCUT2D eigenvalue weighted by Gasteiger charge is 2.23. The Hall–Kier alpha value is -2.36. The van der Waals surface area contributed by atoms with E-state index in [0.29, 0.717) is 51.0 Å². The summed E-state index contributed by atoms with van der Waals surface area (Å²) in [7, 11) is 0.820. The Balaban J connectivity index is 0.00000235. The number of benzene rings is 1. The summed E-state index contributed by atoms with van der Waals surface area (Å²) < 4.78 is 36.1. The van der Waals surface area contributed by atoms with Crippen LogP contribution in [-0.4, -0.2) is 77.1 Å². The van der Waals surface area contributed by atoms with E-state index in [1.165, 1.54) is 20.5 Å². The summed E-state index contributed by atoms with van der Waals surface area (Å²) in [5, 5.41) is 10.8. The van der Waals surface area contributed by atoms with Crippen LogP contribution in [0.15, 0.2) is 23.5 Å². The molecule has 2 heterocycles. The normalized spacial score (nSPS) is 12.4. The smallest absolute Gasteiger partial charge is 0.220 e. The summed E-state index contributed by atoms with van der Waals surface area (Å²) in [6, 6.07) is 5.46. The molecule has 0 radical (unpaired) electrons. The van der Waals surface area contributed by atoms with E-state index < -0.39 is 20.8 Å². The third-order valence-corrected chi connectivity index (χ3v) is 7.39. The molecule has 3 rings (SSSR count). The van der Waals surface area contributed by atoms with E-state index in [1.807, 2.05) is 13.8 Å². The molecular weight excluding hydrogens is 536 g/mol. The number of hydrogen-bond acceptors (Lipinski definition) is 8. The molecule has 204 valence electrons. The Labute approximate surface area is 227 Å². The lowest BCUT2D eigenvalue weighted by Crippen LogP contribution is -2.10. The topological polar surface area (TPSA) is 108 Å². The maximum Gasteiger partial charge on any atom is 0.220 e. The SMILES string of the molecule is CC.COCOc1cc(-c2nc(S(C)=O)nc3c2c(C#N)cn3COCCS(C)(C)C)c(Cl)cc1OC. The van der Waals surface area contributed by atoms with Gasteiger partial charge >= 0.3 is 0 Å². The number of fused-ring (bicyclic) bond motifs is 1. The number of hydrogen-bond donors (Lipinski definition) is 0. The first kappa shape index (κ1) is 30.9. The molecule has 0 saturated heterocycles. The van der Waals surface area contributed by atoms with Crippen molar-refractivity contribution in [1.82, 2.24) is 14.5 Å². The Kier molecular flexibility index (Phi) is 11.7. The van der Waals surface area contributed by atoms with E-state index in [0.717, 1.165) is 5.75 Å². The molecule has 0 saturated carbocycles. The highest BCUT2D eigenvalue weighted by Crippen LogP contribution is 2.41. The van der Waals surface area contributed by atoms with E-state index in [1.54, 1.807) is 22.9 Å². The number of aromatic nitrogens is 3. The Morgan fingerprint density at radius 3 is 2.43 bits per heavy atom. The van der Waals surface area contributed by atoms with Crippen molar-refractivity contribution in [2.24, 2.45) is 0 Å². The Bertz CT molecular complexity index is 1290. The summed E-state index contributed by atoms with van der Waals surface area (Å²) >= 11 is 6.61. The predicted octanol–water partition coefficient (Wildman–Crippen LogP) is 5.05. The van der Waals surface area contributed by atoms with Crippen molar-refractivity contribution < 1.29 is 23.2 Å². The molecule has 1 aromatic carbocycles. The van der Waals surface area contributed by atoms with Crippen molar-refractivity contribution in [3.05, 3.63) is 28.9 Å². The molecule has 0 bridgehead atoms. The molecule has 1 atom stereocenters. The number of nitrogens with zero attached hydrogens (tertiary/aromatic N) is 4. The van der Waals surface area contributed by atoms with Gasteiger partial charge in [0, 0.05) is 36.9 Å². The van der Waals surface area contributed by atoms with Crippen molar-refractivity contribution in [1.29, 1.82) is 5.26 Å². The zero-order valence-corrected chi connectivity index (χ0v) is 25.0. The van der Waals surface area contributed by atoms with E-state index >= 15 is 0 Å². The fourth-order valence-corrected chi connectivity index (χ4v) is 4.55. The van der Waals surface area contributed by atoms with Gasteiger partial charge in [0.15, 0.2) is 18.3 Å². The molecule has 3 aromatic rings. The molecule has 1 unspecified atom stereocenters. The average Bonchev–Trinajstić information content (AvgIpc) is 3.23. The minimum atomic E-state index is -1.49. The summed E-state index contributed by atoms with van der Waals surface area (Å²) in [4.78, 5) is 9.03. The summed E-state index contributed by atoms with van der Waals surface area (Å²) in [6.45, 7) is 4.77. The van der Waals surface area contributed by atoms with Gasteiger partial charge in [-0.15, -0.1) is 0 Å². The van der Waals surface area contributed by atoms with Gasteiger partial charge in [0.1, 0.15) is 18.4 Å². The second kappa shape index (κ2) is 14.0. The molecule has 0 N–H and O–H groups in total. The average molecular weight is 571 g/mol. The molecule has 0 aliphatic carbocycles. The fraction of sp³-hybridized carbons (Fsp3) is 0.480. The van der Waals surface area contributed by atoms with E-state index in [-0.39, 0.29) is 18.7 Å². The van der Waals surface area contributed by atoms with Gasteiger partial charge in [-0.05, 0) is 24.8 Å². The van der Waals surface area contributed by atoms with Gasteiger partial charge in [-0.1, -0.05) is 25.4 Å². The first-order chi connectivity index (χ1) is 17.6. The molecule has 0 aliphatic rings. The first-order valence-corrected chi connectivity index (χ1v) is 16.4. The first-order valence-electron chi connectivity index (χ1n) is 11.5. The van der Waals surface area contributed by atoms with E-state index in [2.05, 4.69) is 34.8 Å². The minimum absolute atomic E-state index is 0.00567. The summed E-state index contributed by atoms with van der Waals surface area (Å²) in [6.07, 6.45) is 9.83. The maximum absolute atomic E-state index is 12.4. The second-order valence-electron chi connectivity index (χ2n) is 8.50. The monoisotopic (exact) mass is 570 g/mol. The van der Waals surface area contributed by atoms with Gasteiger partial charge in [0.25, 0.3) is 0 Å². The lowest BCUT2D eigenvalue weighted by atomic mass is 10.1. The molecular formula is C25H35ClN4O5S2. The van der Waals surface area contributed by atoms with Crippen LogP contribution in [0.1, 0.15) is 19.4 Å². The standard InChI is InChI=1S/C23H29ClN4O5S2.C2H6/c1-30-14-33-19-9-16(17(24)10-18(19)31-2)21-20-15(11-25)12-28(13-32-7-8-35(4,5)6)22(20)27-23(26-21)34(3)29;1-2/h9-10,12H,7-8,13-14H2,1-6H3;1-2H3. The molecule has 37 heavy (non-hydrogen) atoms. The highest BCUT2D eigenvalue weighted by molar-refractivity contribution is 8.32. The van der Waals surface area contributed by atoms with Gasteiger partial charge in [0.2, 0.25) is 5.16 Å². The van der Waals surface area contributed by atoms with Crippen LogP contribution >= 0.6 is 21.6 Å². The van der Waals surface area contributed by atoms with Crippen LogP contribution in [0.5, 0.6) is 11.5 Å². The van der Waals surface area contributed by atoms with Crippen molar-refractivity contribution in [2.45, 2.75) is 25.7 Å². The zero-order valence-electron chi connectivity index (χ0n) is 22.6. The fourth-order valence-electron chi connectivity index (χ4n) is 3.26. The molecule has 9 nitrogen and oxygen atoms in total. The lowest BCUT2D eigenvalue weighted by Gasteiger charge is -2.24. The number of ether oxygens (including phenoxy) is 4. The zero-order chi connectivity index (χ0) is 27.8. The van der Waals surface area contributed by atoms with Gasteiger partial charge in [-0.2, -0.15) is 5.26 Å². The Morgan fingerprint density at radius 1 is 1.16 bits per heavy atom. The van der Waals surface area contributed by atoms with Gasteiger partial charge in [-0.25, -0.2) is 20.0 Å². The Morgan fingerprint density at radius 2 is 1.86 bits per heavy atom. The van der Waals surface area contributed by atoms with Gasteiger partial charge in [0.05, 0.1) is 46.2 Å². The van der Waals surface area contributed by atoms with Crippen LogP contribution in [0.3, 0.4) is 0 Å². The molecule has 2 aromatic heterocycles. The molecule has 0 spiro atoms. The van der Waals surface area contributed by atoms with Crippen molar-refractivity contribution in [2.75, 3.05) is 58.4 Å². The minimum Gasteiger partial charge on any atom is -0.493 e. The number of nitriles is 1. The van der Waals surface area contributed by atoms with Crippen LogP contribution in [0.4, 0.5) is 0 Å². The molecule has 0 aliphatic heterocycles. The van der Waals surface area contributed by atoms with Crippen LogP contribution in [-0.2, 0) is 27.0 Å². The number of rotatable bonds is 11. The van der Waals surface area contributed by atoms with Crippen LogP contribution in [0, 0.1) is 11.3 Å². The molecule has 12 heteroatoms. The third-order valence-electron chi connectivity index (χ3n) is 4.98. The van der Waals surface area contributed by atoms with Crippen molar-refractivity contribution in [3.63, 3.8) is 0 Å². The maximum atomic E-state index is 12.4. The van der Waals surface area contributed by atoms with Gasteiger partial charge < -0.3 is 23.5 Å². The van der Waals surface area contributed by atoms with E-state index in [4.69, 9.17) is 30.5 Å². The van der Waals surface area contributed by atoms with Crippen molar-refractivity contribution in [3.8, 4) is 28.8 Å². The number of halogens is 1.